The minimum atomic E-state index is -3.28. The molecule has 0 radical (unpaired) electrons. The molecule has 1 atom stereocenters. The molecular weight excluding hydrogens is 226 g/mol. The summed E-state index contributed by atoms with van der Waals surface area (Å²) in [6.45, 7) is 5.86. The summed E-state index contributed by atoms with van der Waals surface area (Å²) in [6, 6.07) is 0.106. The van der Waals surface area contributed by atoms with E-state index in [0.29, 0.717) is 19.0 Å². The Morgan fingerprint density at radius 1 is 1.44 bits per heavy atom. The van der Waals surface area contributed by atoms with E-state index < -0.39 is 10.2 Å². The molecule has 0 saturated carbocycles. The summed E-state index contributed by atoms with van der Waals surface area (Å²) in [5.74, 6) is 0.333. The number of hydrogen-bond donors (Lipinski definition) is 2. The van der Waals surface area contributed by atoms with Gasteiger partial charge in [0.05, 0.1) is 0 Å². The van der Waals surface area contributed by atoms with Crippen LogP contribution in [0.5, 0.6) is 0 Å². The van der Waals surface area contributed by atoms with Crippen molar-refractivity contribution in [3.63, 3.8) is 0 Å². The molecule has 1 heterocycles. The second-order valence-corrected chi connectivity index (χ2v) is 6.42. The molecular formula is C10H23N3O2S. The molecule has 0 aromatic carbocycles. The molecule has 0 aromatic heterocycles. The number of rotatable bonds is 6. The van der Waals surface area contributed by atoms with Crippen molar-refractivity contribution >= 4 is 10.2 Å². The van der Waals surface area contributed by atoms with Crippen LogP contribution in [0.15, 0.2) is 0 Å². The van der Waals surface area contributed by atoms with Gasteiger partial charge in [-0.1, -0.05) is 13.8 Å². The minimum absolute atomic E-state index is 0.106. The molecule has 5 nitrogen and oxygen atoms in total. The average molecular weight is 249 g/mol. The van der Waals surface area contributed by atoms with Crippen LogP contribution in [0.4, 0.5) is 0 Å². The Labute approximate surface area is 98.8 Å². The van der Waals surface area contributed by atoms with E-state index in [1.807, 2.05) is 20.9 Å². The van der Waals surface area contributed by atoms with Crippen LogP contribution in [-0.4, -0.2) is 45.4 Å². The van der Waals surface area contributed by atoms with Gasteiger partial charge in [0.1, 0.15) is 0 Å². The molecule has 0 bridgehead atoms. The van der Waals surface area contributed by atoms with Gasteiger partial charge in [-0.3, -0.25) is 0 Å². The van der Waals surface area contributed by atoms with Gasteiger partial charge in [-0.25, -0.2) is 4.72 Å². The monoisotopic (exact) mass is 249 g/mol. The molecule has 0 aliphatic carbocycles. The van der Waals surface area contributed by atoms with Crippen LogP contribution in [0, 0.1) is 5.92 Å². The van der Waals surface area contributed by atoms with Gasteiger partial charge in [0, 0.05) is 25.7 Å². The molecule has 0 amide bonds. The first-order chi connectivity index (χ1) is 7.47. The zero-order valence-corrected chi connectivity index (χ0v) is 11.2. The molecule has 1 aliphatic rings. The zero-order chi connectivity index (χ0) is 12.2. The summed E-state index contributed by atoms with van der Waals surface area (Å²) in [5, 5.41) is 3.04. The second kappa shape index (κ2) is 5.95. The average Bonchev–Trinajstić information content (AvgIpc) is 2.64. The number of hydrogen-bond acceptors (Lipinski definition) is 3. The van der Waals surface area contributed by atoms with E-state index in [1.165, 1.54) is 0 Å². The van der Waals surface area contributed by atoms with Crippen LogP contribution in [0.2, 0.25) is 0 Å². The van der Waals surface area contributed by atoms with E-state index in [4.69, 9.17) is 0 Å². The van der Waals surface area contributed by atoms with Crippen LogP contribution < -0.4 is 10.0 Å². The maximum Gasteiger partial charge on any atom is 0.279 e. The molecule has 96 valence electrons. The Morgan fingerprint density at radius 3 is 2.69 bits per heavy atom. The molecule has 1 saturated heterocycles. The molecule has 2 N–H and O–H groups in total. The third-order valence-electron chi connectivity index (χ3n) is 2.75. The first-order valence-corrected chi connectivity index (χ1v) is 7.32. The lowest BCUT2D eigenvalue weighted by molar-refractivity contribution is 0.371. The molecule has 1 fully saturated rings. The summed E-state index contributed by atoms with van der Waals surface area (Å²) in [6.07, 6.45) is 1.90. The molecule has 0 aromatic rings. The lowest BCUT2D eigenvalue weighted by Gasteiger charge is -2.24. The molecule has 1 unspecified atom stereocenters. The maximum absolute atomic E-state index is 12.0. The van der Waals surface area contributed by atoms with Crippen molar-refractivity contribution in [1.29, 1.82) is 0 Å². The van der Waals surface area contributed by atoms with E-state index in [1.54, 1.807) is 4.31 Å². The van der Waals surface area contributed by atoms with E-state index in [2.05, 4.69) is 10.0 Å². The van der Waals surface area contributed by atoms with Gasteiger partial charge in [0.15, 0.2) is 0 Å². The Balaban J connectivity index is 2.59. The Kier molecular flexibility index (Phi) is 5.17. The van der Waals surface area contributed by atoms with Gasteiger partial charge >= 0.3 is 0 Å². The smallest absolute Gasteiger partial charge is 0.279 e. The number of nitrogens with one attached hydrogen (secondary N) is 2. The van der Waals surface area contributed by atoms with Crippen LogP contribution in [0.3, 0.4) is 0 Å². The van der Waals surface area contributed by atoms with Gasteiger partial charge in [-0.2, -0.15) is 12.7 Å². The zero-order valence-electron chi connectivity index (χ0n) is 10.4. The van der Waals surface area contributed by atoms with Gasteiger partial charge in [0.2, 0.25) is 0 Å². The lowest BCUT2D eigenvalue weighted by atomic mass is 10.2. The standard InChI is InChI=1S/C10H23N3O2S/c1-9(2)7-12-16(14,15)13-6-4-5-10(13)8-11-3/h9-12H,4-8H2,1-3H3. The van der Waals surface area contributed by atoms with Gasteiger partial charge in [-0.05, 0) is 25.8 Å². The van der Waals surface area contributed by atoms with E-state index in [9.17, 15) is 8.42 Å². The summed E-state index contributed by atoms with van der Waals surface area (Å²) in [4.78, 5) is 0. The SMILES string of the molecule is CNCC1CCCN1S(=O)(=O)NCC(C)C. The number of likely N-dealkylation sites (N-methyl/N-ethyl adjacent to an activating group) is 1. The molecule has 1 aliphatic heterocycles. The summed E-state index contributed by atoms with van der Waals surface area (Å²) >= 11 is 0. The minimum Gasteiger partial charge on any atom is -0.318 e. The lowest BCUT2D eigenvalue weighted by Crippen LogP contribution is -2.47. The van der Waals surface area contributed by atoms with E-state index in [0.717, 1.165) is 19.4 Å². The van der Waals surface area contributed by atoms with Crippen LogP contribution in [-0.2, 0) is 10.2 Å². The van der Waals surface area contributed by atoms with Gasteiger partial charge in [-0.15, -0.1) is 0 Å². The Hall–Kier alpha value is -0.170. The first kappa shape index (κ1) is 13.9. The highest BCUT2D eigenvalue weighted by Gasteiger charge is 2.33. The third-order valence-corrected chi connectivity index (χ3v) is 4.38. The number of nitrogens with zero attached hydrogens (tertiary/aromatic N) is 1. The van der Waals surface area contributed by atoms with Crippen molar-refractivity contribution in [2.75, 3.05) is 26.7 Å². The van der Waals surface area contributed by atoms with E-state index >= 15 is 0 Å². The Bertz CT molecular complexity index is 303. The highest BCUT2D eigenvalue weighted by molar-refractivity contribution is 7.87. The fraction of sp³-hybridized carbons (Fsp3) is 1.00. The van der Waals surface area contributed by atoms with Gasteiger partial charge < -0.3 is 5.32 Å². The van der Waals surface area contributed by atoms with Crippen molar-refractivity contribution in [2.24, 2.45) is 5.92 Å². The highest BCUT2D eigenvalue weighted by Crippen LogP contribution is 2.19. The van der Waals surface area contributed by atoms with E-state index in [-0.39, 0.29) is 6.04 Å². The van der Waals surface area contributed by atoms with Crippen LogP contribution in [0.25, 0.3) is 0 Å². The highest BCUT2D eigenvalue weighted by atomic mass is 32.2. The molecule has 0 spiro atoms. The van der Waals surface area contributed by atoms with Crippen molar-refractivity contribution in [3.05, 3.63) is 0 Å². The fourth-order valence-corrected chi connectivity index (χ4v) is 3.57. The van der Waals surface area contributed by atoms with Crippen LogP contribution in [0.1, 0.15) is 26.7 Å². The van der Waals surface area contributed by atoms with Gasteiger partial charge in [0.25, 0.3) is 10.2 Å². The summed E-state index contributed by atoms with van der Waals surface area (Å²) in [7, 11) is -1.43. The van der Waals surface area contributed by atoms with Crippen molar-refractivity contribution in [3.8, 4) is 0 Å². The van der Waals surface area contributed by atoms with Crippen LogP contribution >= 0.6 is 0 Å². The van der Waals surface area contributed by atoms with Crippen molar-refractivity contribution < 1.29 is 8.42 Å². The first-order valence-electron chi connectivity index (χ1n) is 5.88. The topological polar surface area (TPSA) is 61.4 Å². The largest absolute Gasteiger partial charge is 0.318 e. The Morgan fingerprint density at radius 2 is 2.12 bits per heavy atom. The summed E-state index contributed by atoms with van der Waals surface area (Å²) < 4.78 is 28.3. The normalized spacial score (nSPS) is 23.1. The third kappa shape index (κ3) is 3.69. The quantitative estimate of drug-likeness (QED) is 0.705. The molecule has 6 heteroatoms. The maximum atomic E-state index is 12.0. The predicted octanol–water partition coefficient (Wildman–Crippen LogP) is 0.161. The van der Waals surface area contributed by atoms with Crippen molar-refractivity contribution in [1.82, 2.24) is 14.3 Å². The molecule has 16 heavy (non-hydrogen) atoms. The molecule has 1 rings (SSSR count). The second-order valence-electron chi connectivity index (χ2n) is 4.71. The predicted molar refractivity (Wildman–Crippen MR) is 65.4 cm³/mol. The van der Waals surface area contributed by atoms with Crippen molar-refractivity contribution in [2.45, 2.75) is 32.7 Å². The summed E-state index contributed by atoms with van der Waals surface area (Å²) in [5.41, 5.74) is 0. The fourth-order valence-electron chi connectivity index (χ4n) is 1.92.